The summed E-state index contributed by atoms with van der Waals surface area (Å²) in [7, 11) is 0. The van der Waals surface area contributed by atoms with Gasteiger partial charge in [-0.2, -0.15) is 0 Å². The minimum absolute atomic E-state index is 0.361. The first-order valence-electron chi connectivity index (χ1n) is 9.18. The molecule has 0 radical (unpaired) electrons. The molecule has 5 heteroatoms. The maximum atomic E-state index is 11.9. The van der Waals surface area contributed by atoms with Crippen molar-refractivity contribution in [3.63, 3.8) is 0 Å². The van der Waals surface area contributed by atoms with Gasteiger partial charge in [0, 0.05) is 23.4 Å². The van der Waals surface area contributed by atoms with E-state index in [1.165, 1.54) is 0 Å². The molecule has 142 valence electrons. The van der Waals surface area contributed by atoms with Crippen molar-refractivity contribution < 1.29 is 9.53 Å². The first-order chi connectivity index (χ1) is 14.2. The summed E-state index contributed by atoms with van der Waals surface area (Å²) in [6.07, 6.45) is 5.09. The molecule has 4 rings (SSSR count). The van der Waals surface area contributed by atoms with E-state index in [-0.39, 0.29) is 0 Å². The first kappa shape index (κ1) is 18.4. The Morgan fingerprint density at radius 2 is 1.69 bits per heavy atom. The Kier molecular flexibility index (Phi) is 5.29. The van der Waals surface area contributed by atoms with Crippen LogP contribution in [0.3, 0.4) is 0 Å². The number of hydrogen-bond acceptors (Lipinski definition) is 4. The minimum Gasteiger partial charge on any atom is -0.487 e. The van der Waals surface area contributed by atoms with Gasteiger partial charge < -0.3 is 10.5 Å². The second-order valence-corrected chi connectivity index (χ2v) is 6.51. The van der Waals surface area contributed by atoms with E-state index in [1.54, 1.807) is 18.5 Å². The molecule has 1 amide bonds. The van der Waals surface area contributed by atoms with Gasteiger partial charge in [0.15, 0.2) is 0 Å². The van der Waals surface area contributed by atoms with Crippen molar-refractivity contribution in [1.29, 1.82) is 0 Å². The molecule has 0 unspecified atom stereocenters. The lowest BCUT2D eigenvalue weighted by atomic mass is 10.0. The number of carbonyl (C=O) groups excluding carboxylic acids is 1. The zero-order valence-electron chi connectivity index (χ0n) is 15.7. The molecule has 2 N–H and O–H groups in total. The Balaban J connectivity index is 1.49. The van der Waals surface area contributed by atoms with Gasteiger partial charge >= 0.3 is 0 Å². The Labute approximate surface area is 168 Å². The molecule has 0 spiro atoms. The highest BCUT2D eigenvalue weighted by Gasteiger charge is 2.09. The van der Waals surface area contributed by atoms with E-state index in [9.17, 15) is 4.79 Å². The molecule has 0 aliphatic rings. The van der Waals surface area contributed by atoms with E-state index >= 15 is 0 Å². The number of ether oxygens (including phenoxy) is 1. The van der Waals surface area contributed by atoms with Crippen LogP contribution < -0.4 is 10.5 Å². The Morgan fingerprint density at radius 1 is 0.931 bits per heavy atom. The van der Waals surface area contributed by atoms with E-state index in [2.05, 4.69) is 9.97 Å². The highest BCUT2D eigenvalue weighted by Crippen LogP contribution is 2.22. The number of nitrogens with two attached hydrogens (primary N) is 1. The fraction of sp³-hybridized carbons (Fsp3) is 0.0417. The molecule has 29 heavy (non-hydrogen) atoms. The molecule has 0 aliphatic heterocycles. The van der Waals surface area contributed by atoms with Crippen LogP contribution in [0.5, 0.6) is 5.75 Å². The van der Waals surface area contributed by atoms with E-state index in [1.807, 2.05) is 72.8 Å². The van der Waals surface area contributed by atoms with Gasteiger partial charge in [-0.25, -0.2) is 4.98 Å². The number of fused-ring (bicyclic) bond motifs is 1. The summed E-state index contributed by atoms with van der Waals surface area (Å²) in [5, 5.41) is 1.10. The fourth-order valence-electron chi connectivity index (χ4n) is 3.00. The topological polar surface area (TPSA) is 78.1 Å². The summed E-state index contributed by atoms with van der Waals surface area (Å²) in [5.74, 6) is 0.201. The van der Waals surface area contributed by atoms with Crippen molar-refractivity contribution in [3.05, 3.63) is 102 Å². The second-order valence-electron chi connectivity index (χ2n) is 6.51. The van der Waals surface area contributed by atoms with Crippen molar-refractivity contribution in [1.82, 2.24) is 9.97 Å². The van der Waals surface area contributed by atoms with Gasteiger partial charge in [-0.3, -0.25) is 9.78 Å². The molecule has 5 nitrogen and oxygen atoms in total. The number of primary amides is 1. The predicted molar refractivity (Wildman–Crippen MR) is 114 cm³/mol. The molecule has 2 aromatic heterocycles. The van der Waals surface area contributed by atoms with Crippen molar-refractivity contribution in [2.45, 2.75) is 6.61 Å². The number of nitrogens with zero attached hydrogens (tertiary/aromatic N) is 2. The number of pyridine rings is 2. The smallest absolute Gasteiger partial charge is 0.249 e. The largest absolute Gasteiger partial charge is 0.487 e. The van der Waals surface area contributed by atoms with E-state index in [0.29, 0.717) is 17.9 Å². The number of amides is 1. The zero-order valence-corrected chi connectivity index (χ0v) is 15.7. The van der Waals surface area contributed by atoms with Gasteiger partial charge in [-0.05, 0) is 53.6 Å². The van der Waals surface area contributed by atoms with Gasteiger partial charge in [0.05, 0.1) is 11.2 Å². The van der Waals surface area contributed by atoms with Gasteiger partial charge in [0.1, 0.15) is 12.4 Å². The SMILES string of the molecule is NC(=O)C(=Cc1ccncc1)c1ccc(OCc2ccc3ccccc3n2)cc1. The Morgan fingerprint density at radius 3 is 2.45 bits per heavy atom. The number of benzene rings is 2. The van der Waals surface area contributed by atoms with Crippen LogP contribution in [-0.4, -0.2) is 15.9 Å². The first-order valence-corrected chi connectivity index (χ1v) is 9.18. The Bertz CT molecular complexity index is 1170. The Hall–Kier alpha value is -3.99. The minimum atomic E-state index is -0.490. The molecular weight excluding hydrogens is 362 g/mol. The molecule has 0 saturated carbocycles. The van der Waals surface area contributed by atoms with E-state index < -0.39 is 5.91 Å². The molecule has 0 fully saturated rings. The number of aromatic nitrogens is 2. The molecule has 0 aliphatic carbocycles. The van der Waals surface area contributed by atoms with Crippen LogP contribution in [0.2, 0.25) is 0 Å². The summed E-state index contributed by atoms with van der Waals surface area (Å²) in [6, 6.07) is 22.9. The lowest BCUT2D eigenvalue weighted by Gasteiger charge is -2.09. The van der Waals surface area contributed by atoms with Crippen molar-refractivity contribution in [2.75, 3.05) is 0 Å². The highest BCUT2D eigenvalue weighted by molar-refractivity contribution is 6.23. The lowest BCUT2D eigenvalue weighted by Crippen LogP contribution is -2.12. The van der Waals surface area contributed by atoms with Crippen LogP contribution in [0.15, 0.2) is 85.2 Å². The van der Waals surface area contributed by atoms with E-state index in [0.717, 1.165) is 27.7 Å². The molecule has 0 bridgehead atoms. The fourth-order valence-corrected chi connectivity index (χ4v) is 3.00. The quantitative estimate of drug-likeness (QED) is 0.507. The lowest BCUT2D eigenvalue weighted by molar-refractivity contribution is -0.112. The van der Waals surface area contributed by atoms with Gasteiger partial charge in [-0.1, -0.05) is 36.4 Å². The maximum Gasteiger partial charge on any atom is 0.249 e. The van der Waals surface area contributed by atoms with Gasteiger partial charge in [-0.15, -0.1) is 0 Å². The van der Waals surface area contributed by atoms with Crippen LogP contribution in [0, 0.1) is 0 Å². The monoisotopic (exact) mass is 381 g/mol. The second kappa shape index (κ2) is 8.35. The molecule has 2 aromatic carbocycles. The molecule has 0 saturated heterocycles. The summed E-state index contributed by atoms with van der Waals surface area (Å²) in [5.41, 5.74) is 9.38. The van der Waals surface area contributed by atoms with Crippen LogP contribution in [0.4, 0.5) is 0 Å². The summed E-state index contributed by atoms with van der Waals surface area (Å²) in [4.78, 5) is 20.5. The summed E-state index contributed by atoms with van der Waals surface area (Å²) >= 11 is 0. The predicted octanol–water partition coefficient (Wildman–Crippen LogP) is 4.23. The average Bonchev–Trinajstić information content (AvgIpc) is 2.77. The normalized spacial score (nSPS) is 11.4. The number of rotatable bonds is 6. The van der Waals surface area contributed by atoms with Crippen molar-refractivity contribution in [3.8, 4) is 5.75 Å². The molecular formula is C24H19N3O2. The molecule has 4 aromatic rings. The standard InChI is InChI=1S/C24H19N3O2/c25-24(28)22(15-17-11-13-26-14-12-17)18-6-9-21(10-7-18)29-16-20-8-5-19-3-1-2-4-23(19)27-20/h1-15H,16H2,(H2,25,28). The van der Waals surface area contributed by atoms with Crippen LogP contribution in [0.1, 0.15) is 16.8 Å². The third-order valence-corrected chi connectivity index (χ3v) is 4.49. The summed E-state index contributed by atoms with van der Waals surface area (Å²) < 4.78 is 5.85. The van der Waals surface area contributed by atoms with Gasteiger partial charge in [0.25, 0.3) is 0 Å². The summed E-state index contributed by atoms with van der Waals surface area (Å²) in [6.45, 7) is 0.361. The average molecular weight is 381 g/mol. The molecule has 0 atom stereocenters. The third kappa shape index (κ3) is 4.47. The van der Waals surface area contributed by atoms with E-state index in [4.69, 9.17) is 10.5 Å². The number of carbonyl (C=O) groups is 1. The third-order valence-electron chi connectivity index (χ3n) is 4.49. The van der Waals surface area contributed by atoms with Crippen LogP contribution >= 0.6 is 0 Å². The number of para-hydroxylation sites is 1. The maximum absolute atomic E-state index is 11.9. The van der Waals surface area contributed by atoms with Crippen LogP contribution in [0.25, 0.3) is 22.6 Å². The number of hydrogen-bond donors (Lipinski definition) is 1. The van der Waals surface area contributed by atoms with Crippen molar-refractivity contribution >= 4 is 28.5 Å². The molecule has 2 heterocycles. The van der Waals surface area contributed by atoms with Crippen LogP contribution in [-0.2, 0) is 11.4 Å². The van der Waals surface area contributed by atoms with Crippen molar-refractivity contribution in [2.24, 2.45) is 5.73 Å². The zero-order chi connectivity index (χ0) is 20.1. The highest BCUT2D eigenvalue weighted by atomic mass is 16.5. The van der Waals surface area contributed by atoms with Gasteiger partial charge in [0.2, 0.25) is 5.91 Å².